The van der Waals surface area contributed by atoms with Crippen molar-refractivity contribution in [3.63, 3.8) is 0 Å². The Hall–Kier alpha value is -2.80. The number of carbonyl (C=O) groups excluding carboxylic acids is 2. The molecule has 0 bridgehead atoms. The first-order chi connectivity index (χ1) is 16.2. The zero-order chi connectivity index (χ0) is 24.7. The highest BCUT2D eigenvalue weighted by Crippen LogP contribution is 2.52. The van der Waals surface area contributed by atoms with Gasteiger partial charge in [-0.25, -0.2) is 4.79 Å². The number of hydrogen-bond donors (Lipinski definition) is 4. The predicted molar refractivity (Wildman–Crippen MR) is 123 cm³/mol. The number of aliphatic hydroxyl groups is 1. The third kappa shape index (κ3) is 4.11. The van der Waals surface area contributed by atoms with Crippen molar-refractivity contribution in [2.75, 3.05) is 32.7 Å². The summed E-state index contributed by atoms with van der Waals surface area (Å²) in [5.41, 5.74) is 0. The van der Waals surface area contributed by atoms with Gasteiger partial charge in [0.1, 0.15) is 6.04 Å². The average molecular weight is 495 g/mol. The van der Waals surface area contributed by atoms with Crippen LogP contribution in [-0.2, 0) is 14.3 Å². The molecule has 4 N–H and O–H groups in total. The van der Waals surface area contributed by atoms with Crippen LogP contribution in [0, 0.1) is 22.7 Å². The monoisotopic (exact) mass is 494 g/mol. The molecule has 3 fully saturated rings. The number of β-lactam (4-membered cyclic amide) rings is 1. The Labute approximate surface area is 201 Å². The van der Waals surface area contributed by atoms with Gasteiger partial charge in [0.25, 0.3) is 0 Å². The Morgan fingerprint density at radius 3 is 2.44 bits per heavy atom. The van der Waals surface area contributed by atoms with Crippen molar-refractivity contribution < 1.29 is 29.3 Å². The number of fused-ring (bicyclic) bond motifs is 1. The maximum atomic E-state index is 13.2. The molecule has 0 spiro atoms. The second-order valence-electron chi connectivity index (χ2n) is 9.10. The normalized spacial score (nSPS) is 31.9. The number of carbonyl (C=O) groups is 3. The van der Waals surface area contributed by atoms with Gasteiger partial charge >= 0.3 is 6.16 Å². The third-order valence-electron chi connectivity index (χ3n) is 7.10. The molecule has 4 heterocycles. The van der Waals surface area contributed by atoms with Crippen molar-refractivity contribution in [3.05, 3.63) is 10.8 Å². The number of ether oxygens (including phenoxy) is 1. The molecule has 0 aromatic carbocycles. The fourth-order valence-electron chi connectivity index (χ4n) is 5.36. The van der Waals surface area contributed by atoms with Gasteiger partial charge in [-0.3, -0.25) is 25.3 Å². The number of thioether (sulfide) groups is 1. The fraction of sp³-hybridized carbons (Fsp3) is 0.667. The number of nitrogens with one attached hydrogen (secondary N) is 2. The van der Waals surface area contributed by atoms with E-state index in [1.54, 1.807) is 16.7 Å². The minimum absolute atomic E-state index is 0.00385. The smallest absolute Gasteiger partial charge is 0.449 e. The summed E-state index contributed by atoms with van der Waals surface area (Å²) in [6.45, 7) is 6.10. The number of hydrogen-bond acceptors (Lipinski definition) is 8. The fourth-order valence-corrected chi connectivity index (χ4v) is 6.84. The lowest BCUT2D eigenvalue weighted by Gasteiger charge is -2.45. The van der Waals surface area contributed by atoms with E-state index < -0.39 is 24.2 Å². The summed E-state index contributed by atoms with van der Waals surface area (Å²) in [4.78, 5) is 44.4. The molecule has 34 heavy (non-hydrogen) atoms. The Morgan fingerprint density at radius 2 is 1.88 bits per heavy atom. The Bertz CT molecular complexity index is 919. The van der Waals surface area contributed by atoms with Crippen LogP contribution in [0.3, 0.4) is 0 Å². The van der Waals surface area contributed by atoms with Crippen LogP contribution in [0.15, 0.2) is 10.8 Å². The third-order valence-corrected chi connectivity index (χ3v) is 8.58. The summed E-state index contributed by atoms with van der Waals surface area (Å²) in [5, 5.41) is 34.3. The average Bonchev–Trinajstić information content (AvgIpc) is 3.30. The van der Waals surface area contributed by atoms with Gasteiger partial charge in [0.2, 0.25) is 17.7 Å². The molecule has 0 aromatic heterocycles. The molecule has 12 nitrogen and oxygen atoms in total. The van der Waals surface area contributed by atoms with Crippen molar-refractivity contribution in [1.82, 2.24) is 19.6 Å². The van der Waals surface area contributed by atoms with Crippen molar-refractivity contribution >= 4 is 42.4 Å². The van der Waals surface area contributed by atoms with Gasteiger partial charge in [-0.2, -0.15) is 0 Å². The van der Waals surface area contributed by atoms with Gasteiger partial charge in [0.05, 0.1) is 35.6 Å². The summed E-state index contributed by atoms with van der Waals surface area (Å²) in [5.74, 6) is -1.26. The molecule has 5 unspecified atom stereocenters. The second kappa shape index (κ2) is 9.45. The van der Waals surface area contributed by atoms with Gasteiger partial charge in [-0.05, 0) is 13.3 Å². The van der Waals surface area contributed by atoms with Crippen molar-refractivity contribution in [2.45, 2.75) is 43.7 Å². The number of likely N-dealkylation sites (tertiary alicyclic amines) is 1. The number of nitrogens with zero attached hydrogens (tertiary/aromatic N) is 4. The van der Waals surface area contributed by atoms with Crippen LogP contribution >= 0.6 is 11.8 Å². The zero-order valence-electron chi connectivity index (χ0n) is 19.1. The van der Waals surface area contributed by atoms with E-state index in [2.05, 4.69) is 0 Å². The lowest BCUT2D eigenvalue weighted by Crippen LogP contribution is -2.63. The van der Waals surface area contributed by atoms with Crippen LogP contribution in [0.5, 0.6) is 0 Å². The van der Waals surface area contributed by atoms with Crippen LogP contribution < -0.4 is 0 Å². The molecule has 4 aliphatic heterocycles. The van der Waals surface area contributed by atoms with E-state index in [0.29, 0.717) is 44.0 Å². The first kappa shape index (κ1) is 24.3. The van der Waals surface area contributed by atoms with Crippen LogP contribution in [0.1, 0.15) is 20.3 Å². The first-order valence-corrected chi connectivity index (χ1v) is 12.2. The lowest BCUT2D eigenvalue weighted by atomic mass is 9.79. The Morgan fingerprint density at radius 1 is 1.21 bits per heavy atom. The highest BCUT2D eigenvalue weighted by Gasteiger charge is 2.60. The van der Waals surface area contributed by atoms with Crippen LogP contribution in [-0.4, -0.2) is 117 Å². The van der Waals surface area contributed by atoms with Crippen LogP contribution in [0.4, 0.5) is 4.79 Å². The number of amides is 2. The molecule has 0 saturated carbocycles. The molecule has 0 radical (unpaired) electrons. The number of rotatable bonds is 7. The zero-order valence-corrected chi connectivity index (χ0v) is 19.9. The van der Waals surface area contributed by atoms with E-state index in [-0.39, 0.29) is 34.9 Å². The minimum atomic E-state index is -1.51. The molecule has 4 aliphatic rings. The van der Waals surface area contributed by atoms with Gasteiger partial charge in [-0.1, -0.05) is 6.92 Å². The van der Waals surface area contributed by atoms with Crippen molar-refractivity contribution in [1.29, 1.82) is 10.8 Å². The van der Waals surface area contributed by atoms with E-state index in [1.165, 1.54) is 23.0 Å². The summed E-state index contributed by atoms with van der Waals surface area (Å²) >= 11 is 1.39. The highest BCUT2D eigenvalue weighted by molar-refractivity contribution is 8.03. The van der Waals surface area contributed by atoms with E-state index in [1.807, 2.05) is 11.8 Å². The second-order valence-corrected chi connectivity index (χ2v) is 10.4. The molecule has 4 rings (SSSR count). The van der Waals surface area contributed by atoms with Gasteiger partial charge in [0.15, 0.2) is 0 Å². The molecular weight excluding hydrogens is 464 g/mol. The van der Waals surface area contributed by atoms with Gasteiger partial charge in [0, 0.05) is 43.9 Å². The molecule has 0 aliphatic carbocycles. The topological polar surface area (TPSA) is 162 Å². The standard InChI is InChI=1S/C21H30N6O6S/c1-11-16-15(12(2)28)19(30)27(16)20(33-21(31)32)17(11)34-13-7-14(26(8-13)10-23)18(29)25-5-3-24(9-22)4-6-25/h9-16,22-23,28H,3-8H2,1-2H3,(H,31,32)/t11?,12?,13?,14?,15?,16-/m0/s1. The van der Waals surface area contributed by atoms with E-state index in [0.717, 1.165) is 6.34 Å². The van der Waals surface area contributed by atoms with Crippen LogP contribution in [0.2, 0.25) is 0 Å². The molecule has 2 amide bonds. The molecule has 0 aromatic rings. The van der Waals surface area contributed by atoms with E-state index in [9.17, 15) is 24.6 Å². The maximum Gasteiger partial charge on any atom is 0.512 e. The van der Waals surface area contributed by atoms with Crippen molar-refractivity contribution in [2.24, 2.45) is 11.8 Å². The molecule has 6 atom stereocenters. The van der Waals surface area contributed by atoms with E-state index in [4.69, 9.17) is 15.6 Å². The van der Waals surface area contributed by atoms with Gasteiger partial charge in [-0.15, -0.1) is 11.8 Å². The van der Waals surface area contributed by atoms with E-state index >= 15 is 0 Å². The largest absolute Gasteiger partial charge is 0.512 e. The van der Waals surface area contributed by atoms with Crippen LogP contribution in [0.25, 0.3) is 0 Å². The summed E-state index contributed by atoms with van der Waals surface area (Å²) in [6.07, 6.45) is 0.536. The number of aliphatic hydroxyl groups excluding tert-OH is 1. The Kier molecular flexibility index (Phi) is 6.76. The van der Waals surface area contributed by atoms with Crippen molar-refractivity contribution in [3.8, 4) is 0 Å². The SMILES string of the molecule is CC(O)C1C(=O)N2C(OC(=O)O)=C(SC3CC(C(=O)N4CCN(C=N)CC4)N(C=N)C3)C(C)[C@@H]12. The molecule has 13 heteroatoms. The summed E-state index contributed by atoms with van der Waals surface area (Å²) in [7, 11) is 0. The highest BCUT2D eigenvalue weighted by atomic mass is 32.2. The lowest BCUT2D eigenvalue weighted by molar-refractivity contribution is -0.163. The summed E-state index contributed by atoms with van der Waals surface area (Å²) in [6, 6.07) is -0.862. The number of piperazine rings is 1. The Balaban J connectivity index is 1.49. The molecular formula is C21H30N6O6S. The molecule has 186 valence electrons. The number of carboxylic acid groups (broad SMARTS) is 1. The predicted octanol–water partition coefficient (Wildman–Crippen LogP) is 0.242. The van der Waals surface area contributed by atoms with Gasteiger partial charge < -0.3 is 29.6 Å². The first-order valence-electron chi connectivity index (χ1n) is 11.3. The minimum Gasteiger partial charge on any atom is -0.449 e. The molecule has 3 saturated heterocycles. The quantitative estimate of drug-likeness (QED) is 0.168. The summed E-state index contributed by atoms with van der Waals surface area (Å²) < 4.78 is 5.02. The maximum absolute atomic E-state index is 13.2.